The Bertz CT molecular complexity index is 720. The quantitative estimate of drug-likeness (QED) is 0.799. The molecule has 94 valence electrons. The highest BCUT2D eigenvalue weighted by Crippen LogP contribution is 2.29. The van der Waals surface area contributed by atoms with Crippen LogP contribution >= 0.6 is 22.7 Å². The molecule has 3 rings (SSSR count). The summed E-state index contributed by atoms with van der Waals surface area (Å²) in [4.78, 5) is 19.6. The molecule has 3 heterocycles. The highest BCUT2D eigenvalue weighted by molar-refractivity contribution is 7.13. The first-order valence-corrected chi connectivity index (χ1v) is 7.24. The fourth-order valence-electron chi connectivity index (χ4n) is 1.61. The second kappa shape index (κ2) is 4.91. The monoisotopic (exact) mass is 288 g/mol. The number of pyridine rings is 1. The summed E-state index contributed by atoms with van der Waals surface area (Å²) in [7, 11) is 0. The van der Waals surface area contributed by atoms with Gasteiger partial charge in [0.05, 0.1) is 17.0 Å². The molecule has 0 saturated heterocycles. The van der Waals surface area contributed by atoms with Crippen LogP contribution < -0.4 is 0 Å². The van der Waals surface area contributed by atoms with Crippen molar-refractivity contribution in [3.8, 4) is 22.0 Å². The first-order valence-electron chi connectivity index (χ1n) is 5.42. The predicted octanol–water partition coefficient (Wildman–Crippen LogP) is 3.63. The maximum atomic E-state index is 10.9. The predicted molar refractivity (Wildman–Crippen MR) is 75.6 cm³/mol. The van der Waals surface area contributed by atoms with Crippen molar-refractivity contribution < 1.29 is 9.90 Å². The molecule has 0 aliphatic carbocycles. The van der Waals surface area contributed by atoms with Crippen molar-refractivity contribution in [2.75, 3.05) is 0 Å². The molecule has 0 aliphatic rings. The summed E-state index contributed by atoms with van der Waals surface area (Å²) in [5.41, 5.74) is 2.77. The summed E-state index contributed by atoms with van der Waals surface area (Å²) in [5, 5.41) is 15.7. The van der Waals surface area contributed by atoms with Gasteiger partial charge in [-0.1, -0.05) is 0 Å². The maximum absolute atomic E-state index is 10.9. The molecule has 3 aromatic rings. The SMILES string of the molecule is O=C(O)c1ccnc(-c2nc(-c3ccsc3)cs2)c1. The third-order valence-electron chi connectivity index (χ3n) is 2.55. The summed E-state index contributed by atoms with van der Waals surface area (Å²) >= 11 is 3.08. The molecule has 0 aliphatic heterocycles. The van der Waals surface area contributed by atoms with Crippen molar-refractivity contribution in [1.29, 1.82) is 0 Å². The third-order valence-corrected chi connectivity index (χ3v) is 4.10. The minimum absolute atomic E-state index is 0.220. The molecule has 0 saturated carbocycles. The van der Waals surface area contributed by atoms with Crippen LogP contribution in [0.5, 0.6) is 0 Å². The zero-order valence-electron chi connectivity index (χ0n) is 9.61. The van der Waals surface area contributed by atoms with Crippen molar-refractivity contribution in [2.24, 2.45) is 0 Å². The van der Waals surface area contributed by atoms with E-state index in [1.165, 1.54) is 23.6 Å². The molecule has 0 atom stereocenters. The van der Waals surface area contributed by atoms with Crippen LogP contribution in [-0.4, -0.2) is 21.0 Å². The van der Waals surface area contributed by atoms with Crippen LogP contribution in [0.25, 0.3) is 22.0 Å². The Kier molecular flexibility index (Phi) is 3.10. The standard InChI is InChI=1S/C13H8N2O2S2/c16-13(17)8-1-3-14-10(5-8)12-15-11(7-19-12)9-2-4-18-6-9/h1-7H,(H,16,17). The summed E-state index contributed by atoms with van der Waals surface area (Å²) in [5.74, 6) is -0.960. The molecule has 6 heteroatoms. The van der Waals surface area contributed by atoms with E-state index in [1.54, 1.807) is 17.4 Å². The molecule has 0 radical (unpaired) electrons. The molecule has 1 N–H and O–H groups in total. The minimum Gasteiger partial charge on any atom is -0.478 e. The van der Waals surface area contributed by atoms with Crippen LogP contribution in [0.15, 0.2) is 40.5 Å². The Labute approximate surface area is 117 Å². The van der Waals surface area contributed by atoms with Crippen LogP contribution in [0.3, 0.4) is 0 Å². The molecular weight excluding hydrogens is 280 g/mol. The number of aromatic nitrogens is 2. The summed E-state index contributed by atoms with van der Waals surface area (Å²) in [6.07, 6.45) is 1.49. The Morgan fingerprint density at radius 1 is 1.21 bits per heavy atom. The van der Waals surface area contributed by atoms with Gasteiger partial charge in [-0.3, -0.25) is 4.98 Å². The average Bonchev–Trinajstić information content (AvgIpc) is 3.09. The lowest BCUT2D eigenvalue weighted by atomic mass is 10.2. The van der Waals surface area contributed by atoms with Crippen LogP contribution in [0.2, 0.25) is 0 Å². The molecule has 19 heavy (non-hydrogen) atoms. The summed E-state index contributed by atoms with van der Waals surface area (Å²) in [6.45, 7) is 0. The average molecular weight is 288 g/mol. The molecule has 0 fully saturated rings. The van der Waals surface area contributed by atoms with E-state index in [1.807, 2.05) is 22.2 Å². The zero-order valence-corrected chi connectivity index (χ0v) is 11.2. The zero-order chi connectivity index (χ0) is 13.2. The fourth-order valence-corrected chi connectivity index (χ4v) is 3.06. The van der Waals surface area contributed by atoms with Gasteiger partial charge in [0.1, 0.15) is 5.01 Å². The molecule has 0 aromatic carbocycles. The summed E-state index contributed by atoms with van der Waals surface area (Å²) in [6, 6.07) is 5.02. The number of carboxylic acid groups (broad SMARTS) is 1. The van der Waals surface area contributed by atoms with Crippen molar-refractivity contribution in [3.63, 3.8) is 0 Å². The lowest BCUT2D eigenvalue weighted by Crippen LogP contribution is -1.97. The number of carbonyl (C=O) groups is 1. The van der Waals surface area contributed by atoms with Gasteiger partial charge in [0, 0.05) is 22.5 Å². The van der Waals surface area contributed by atoms with E-state index in [-0.39, 0.29) is 5.56 Å². The number of thiophene rings is 1. The van der Waals surface area contributed by atoms with E-state index in [0.717, 1.165) is 16.3 Å². The fraction of sp³-hybridized carbons (Fsp3) is 0. The van der Waals surface area contributed by atoms with E-state index >= 15 is 0 Å². The topological polar surface area (TPSA) is 63.1 Å². The molecule has 0 unspecified atom stereocenters. The molecule has 0 amide bonds. The number of carboxylic acids is 1. The van der Waals surface area contributed by atoms with Crippen molar-refractivity contribution in [3.05, 3.63) is 46.1 Å². The lowest BCUT2D eigenvalue weighted by Gasteiger charge is -1.97. The molecule has 3 aromatic heterocycles. The molecule has 0 spiro atoms. The van der Waals surface area contributed by atoms with Gasteiger partial charge in [0.15, 0.2) is 0 Å². The first-order chi connectivity index (χ1) is 9.24. The highest BCUT2D eigenvalue weighted by atomic mass is 32.1. The Balaban J connectivity index is 1.99. The van der Waals surface area contributed by atoms with Gasteiger partial charge in [-0.25, -0.2) is 9.78 Å². The molecule has 0 bridgehead atoms. The van der Waals surface area contributed by atoms with Gasteiger partial charge in [-0.2, -0.15) is 11.3 Å². The molecule has 4 nitrogen and oxygen atoms in total. The van der Waals surface area contributed by atoms with E-state index in [9.17, 15) is 4.79 Å². The summed E-state index contributed by atoms with van der Waals surface area (Å²) < 4.78 is 0. The van der Waals surface area contributed by atoms with Gasteiger partial charge >= 0.3 is 5.97 Å². The van der Waals surface area contributed by atoms with Crippen LogP contribution in [0.1, 0.15) is 10.4 Å². The van der Waals surface area contributed by atoms with Gasteiger partial charge in [-0.15, -0.1) is 11.3 Å². The number of rotatable bonds is 3. The first kappa shape index (κ1) is 12.0. The van der Waals surface area contributed by atoms with E-state index < -0.39 is 5.97 Å². The number of nitrogens with zero attached hydrogens (tertiary/aromatic N) is 2. The minimum atomic E-state index is -0.960. The largest absolute Gasteiger partial charge is 0.478 e. The van der Waals surface area contributed by atoms with Gasteiger partial charge in [-0.05, 0) is 23.6 Å². The Hall–Kier alpha value is -2.05. The van der Waals surface area contributed by atoms with Gasteiger partial charge in [0.25, 0.3) is 0 Å². The third kappa shape index (κ3) is 2.40. The van der Waals surface area contributed by atoms with E-state index in [2.05, 4.69) is 9.97 Å². The smallest absolute Gasteiger partial charge is 0.335 e. The number of hydrogen-bond acceptors (Lipinski definition) is 5. The van der Waals surface area contributed by atoms with E-state index in [4.69, 9.17) is 5.11 Å². The van der Waals surface area contributed by atoms with Crippen molar-refractivity contribution in [1.82, 2.24) is 9.97 Å². The maximum Gasteiger partial charge on any atom is 0.335 e. The normalized spacial score (nSPS) is 10.5. The van der Waals surface area contributed by atoms with Gasteiger partial charge < -0.3 is 5.11 Å². The van der Waals surface area contributed by atoms with Crippen LogP contribution in [-0.2, 0) is 0 Å². The van der Waals surface area contributed by atoms with Gasteiger partial charge in [0.2, 0.25) is 0 Å². The number of thiazole rings is 1. The van der Waals surface area contributed by atoms with Crippen molar-refractivity contribution >= 4 is 28.6 Å². The van der Waals surface area contributed by atoms with E-state index in [0.29, 0.717) is 5.69 Å². The van der Waals surface area contributed by atoms with Crippen molar-refractivity contribution in [2.45, 2.75) is 0 Å². The molecular formula is C13H8N2O2S2. The lowest BCUT2D eigenvalue weighted by molar-refractivity contribution is 0.0697. The van der Waals surface area contributed by atoms with Crippen LogP contribution in [0.4, 0.5) is 0 Å². The Morgan fingerprint density at radius 2 is 2.11 bits per heavy atom. The van der Waals surface area contributed by atoms with Crippen LogP contribution in [0, 0.1) is 0 Å². The second-order valence-electron chi connectivity index (χ2n) is 3.78. The second-order valence-corrected chi connectivity index (χ2v) is 5.42. The number of hydrogen-bond donors (Lipinski definition) is 1. The Morgan fingerprint density at radius 3 is 2.84 bits per heavy atom. The number of aromatic carboxylic acids is 1. The highest BCUT2D eigenvalue weighted by Gasteiger charge is 2.10.